The maximum absolute atomic E-state index is 13.4. The standard InChI is InChI=1S/C11H13F2NO3/c1-11(12,13)6-4-3-5-7(17-2)8(6)9(14)10(15)16/h3-5,9H,14H2,1-2H3,(H,15,16). The molecule has 1 aromatic rings. The Kier molecular flexibility index (Phi) is 3.67. The molecular formula is C11H13F2NO3. The first-order valence-corrected chi connectivity index (χ1v) is 4.82. The number of rotatable bonds is 4. The number of hydrogen-bond donors (Lipinski definition) is 2. The van der Waals surface area contributed by atoms with E-state index in [1.165, 1.54) is 19.2 Å². The van der Waals surface area contributed by atoms with Crippen molar-refractivity contribution in [1.29, 1.82) is 0 Å². The van der Waals surface area contributed by atoms with Gasteiger partial charge in [-0.15, -0.1) is 0 Å². The highest BCUT2D eigenvalue weighted by Gasteiger charge is 2.33. The summed E-state index contributed by atoms with van der Waals surface area (Å²) in [6, 6.07) is 2.35. The van der Waals surface area contributed by atoms with Gasteiger partial charge in [-0.25, -0.2) is 8.78 Å². The van der Waals surface area contributed by atoms with Gasteiger partial charge in [0.2, 0.25) is 0 Å². The van der Waals surface area contributed by atoms with Gasteiger partial charge in [-0.2, -0.15) is 0 Å². The van der Waals surface area contributed by atoms with E-state index < -0.39 is 23.5 Å². The number of carboxylic acid groups (broad SMARTS) is 1. The minimum atomic E-state index is -3.18. The molecule has 0 amide bonds. The summed E-state index contributed by atoms with van der Waals surface area (Å²) in [6.07, 6.45) is 0. The van der Waals surface area contributed by atoms with E-state index in [2.05, 4.69) is 0 Å². The van der Waals surface area contributed by atoms with Crippen LogP contribution in [0.5, 0.6) is 5.75 Å². The number of carboxylic acids is 1. The molecule has 0 aliphatic rings. The molecule has 6 heteroatoms. The van der Waals surface area contributed by atoms with Gasteiger partial charge in [-0.1, -0.05) is 12.1 Å². The van der Waals surface area contributed by atoms with Crippen molar-refractivity contribution in [3.8, 4) is 5.75 Å². The number of benzene rings is 1. The Morgan fingerprint density at radius 2 is 2.12 bits per heavy atom. The fraction of sp³-hybridized carbons (Fsp3) is 0.364. The zero-order valence-corrected chi connectivity index (χ0v) is 9.41. The lowest BCUT2D eigenvalue weighted by atomic mass is 9.96. The topological polar surface area (TPSA) is 72.5 Å². The summed E-state index contributed by atoms with van der Waals surface area (Å²) in [6.45, 7) is 0.680. The van der Waals surface area contributed by atoms with Crippen molar-refractivity contribution in [2.45, 2.75) is 18.9 Å². The first kappa shape index (κ1) is 13.4. The van der Waals surface area contributed by atoms with Gasteiger partial charge in [-0.3, -0.25) is 4.79 Å². The molecule has 0 saturated heterocycles. The van der Waals surface area contributed by atoms with Crippen LogP contribution in [0, 0.1) is 0 Å². The number of halogens is 2. The molecule has 0 fully saturated rings. The maximum Gasteiger partial charge on any atom is 0.325 e. The Balaban J connectivity index is 3.46. The number of nitrogens with two attached hydrogens (primary N) is 1. The fourth-order valence-corrected chi connectivity index (χ4v) is 1.55. The molecule has 1 atom stereocenters. The van der Waals surface area contributed by atoms with Crippen molar-refractivity contribution >= 4 is 5.97 Å². The number of hydrogen-bond acceptors (Lipinski definition) is 3. The number of aliphatic carboxylic acids is 1. The Bertz CT molecular complexity index is 429. The van der Waals surface area contributed by atoms with E-state index in [9.17, 15) is 13.6 Å². The largest absolute Gasteiger partial charge is 0.496 e. The Morgan fingerprint density at radius 1 is 1.53 bits per heavy atom. The van der Waals surface area contributed by atoms with Crippen LogP contribution in [0.25, 0.3) is 0 Å². The highest BCUT2D eigenvalue weighted by Crippen LogP contribution is 2.37. The zero-order chi connectivity index (χ0) is 13.2. The highest BCUT2D eigenvalue weighted by molar-refractivity contribution is 5.77. The van der Waals surface area contributed by atoms with Crippen LogP contribution in [0.4, 0.5) is 8.78 Å². The van der Waals surface area contributed by atoms with Gasteiger partial charge in [0.15, 0.2) is 0 Å². The average molecular weight is 245 g/mol. The van der Waals surface area contributed by atoms with Gasteiger partial charge < -0.3 is 15.6 Å². The number of ether oxygens (including phenoxy) is 1. The minimum absolute atomic E-state index is 0.0407. The van der Waals surface area contributed by atoms with Gasteiger partial charge >= 0.3 is 5.97 Å². The average Bonchev–Trinajstić information content (AvgIpc) is 2.25. The summed E-state index contributed by atoms with van der Waals surface area (Å²) in [4.78, 5) is 10.8. The van der Waals surface area contributed by atoms with Crippen LogP contribution in [0.3, 0.4) is 0 Å². The van der Waals surface area contributed by atoms with E-state index in [1.807, 2.05) is 0 Å². The molecule has 0 saturated carbocycles. The summed E-state index contributed by atoms with van der Waals surface area (Å²) in [5.74, 6) is -4.53. The molecule has 0 bridgehead atoms. The second kappa shape index (κ2) is 4.67. The van der Waals surface area contributed by atoms with Crippen LogP contribution in [0.2, 0.25) is 0 Å². The Morgan fingerprint density at radius 3 is 2.53 bits per heavy atom. The highest BCUT2D eigenvalue weighted by atomic mass is 19.3. The molecule has 4 nitrogen and oxygen atoms in total. The number of carbonyl (C=O) groups is 1. The predicted molar refractivity (Wildman–Crippen MR) is 57.1 cm³/mol. The van der Waals surface area contributed by atoms with E-state index in [0.29, 0.717) is 6.92 Å². The molecule has 1 aromatic carbocycles. The Hall–Kier alpha value is -1.69. The molecule has 0 heterocycles. The van der Waals surface area contributed by atoms with Gasteiger partial charge in [0.1, 0.15) is 11.8 Å². The summed E-state index contributed by atoms with van der Waals surface area (Å²) in [5, 5.41) is 8.82. The predicted octanol–water partition coefficient (Wildman–Crippen LogP) is 1.89. The van der Waals surface area contributed by atoms with Crippen LogP contribution >= 0.6 is 0 Å². The third kappa shape index (κ3) is 2.71. The van der Waals surface area contributed by atoms with Crippen molar-refractivity contribution in [3.63, 3.8) is 0 Å². The Labute approximate surface area is 97.0 Å². The van der Waals surface area contributed by atoms with Crippen molar-refractivity contribution in [1.82, 2.24) is 0 Å². The van der Waals surface area contributed by atoms with E-state index in [1.54, 1.807) is 0 Å². The smallest absolute Gasteiger partial charge is 0.325 e. The molecule has 0 aromatic heterocycles. The zero-order valence-electron chi connectivity index (χ0n) is 9.41. The molecule has 94 valence electrons. The van der Waals surface area contributed by atoms with Gasteiger partial charge in [0.25, 0.3) is 5.92 Å². The molecule has 0 spiro atoms. The summed E-state index contributed by atoms with van der Waals surface area (Å²) in [7, 11) is 1.27. The van der Waals surface area contributed by atoms with Gasteiger partial charge in [0.05, 0.1) is 7.11 Å². The van der Waals surface area contributed by atoms with Crippen molar-refractivity contribution in [2.24, 2.45) is 5.73 Å². The number of methoxy groups -OCH3 is 1. The SMILES string of the molecule is COc1cccc(C(C)(F)F)c1C(N)C(=O)O. The van der Waals surface area contributed by atoms with Crippen molar-refractivity contribution < 1.29 is 23.4 Å². The molecule has 17 heavy (non-hydrogen) atoms. The second-order valence-electron chi connectivity index (χ2n) is 3.63. The lowest BCUT2D eigenvalue weighted by Crippen LogP contribution is -2.25. The fourth-order valence-electron chi connectivity index (χ4n) is 1.55. The summed E-state index contributed by atoms with van der Waals surface area (Å²) < 4.78 is 31.6. The molecule has 3 N–H and O–H groups in total. The first-order valence-electron chi connectivity index (χ1n) is 4.82. The van der Waals surface area contributed by atoms with Crippen LogP contribution in [0.15, 0.2) is 18.2 Å². The van der Waals surface area contributed by atoms with Gasteiger partial charge in [0, 0.05) is 18.1 Å². The maximum atomic E-state index is 13.4. The first-order chi connectivity index (χ1) is 7.79. The normalized spacial score (nSPS) is 13.2. The van der Waals surface area contributed by atoms with Crippen molar-refractivity contribution in [2.75, 3.05) is 7.11 Å². The van der Waals surface area contributed by atoms with E-state index in [0.717, 1.165) is 6.07 Å². The summed E-state index contributed by atoms with van der Waals surface area (Å²) in [5.41, 5.74) is 4.76. The van der Waals surface area contributed by atoms with E-state index in [4.69, 9.17) is 15.6 Å². The molecule has 0 aliphatic heterocycles. The third-order valence-electron chi connectivity index (χ3n) is 2.34. The minimum Gasteiger partial charge on any atom is -0.496 e. The molecular weight excluding hydrogens is 232 g/mol. The third-order valence-corrected chi connectivity index (χ3v) is 2.34. The molecule has 0 radical (unpaired) electrons. The lowest BCUT2D eigenvalue weighted by Gasteiger charge is -2.20. The quantitative estimate of drug-likeness (QED) is 0.849. The molecule has 1 rings (SSSR count). The van der Waals surface area contributed by atoms with E-state index >= 15 is 0 Å². The van der Waals surface area contributed by atoms with Crippen LogP contribution in [-0.2, 0) is 10.7 Å². The summed E-state index contributed by atoms with van der Waals surface area (Å²) >= 11 is 0. The van der Waals surface area contributed by atoms with Gasteiger partial charge in [-0.05, 0) is 6.07 Å². The van der Waals surface area contributed by atoms with E-state index in [-0.39, 0.29) is 11.3 Å². The van der Waals surface area contributed by atoms with Crippen LogP contribution in [0.1, 0.15) is 24.1 Å². The second-order valence-corrected chi connectivity index (χ2v) is 3.63. The van der Waals surface area contributed by atoms with Crippen molar-refractivity contribution in [3.05, 3.63) is 29.3 Å². The lowest BCUT2D eigenvalue weighted by molar-refractivity contribution is -0.138. The molecule has 0 aliphatic carbocycles. The monoisotopic (exact) mass is 245 g/mol. The van der Waals surface area contributed by atoms with Crippen LogP contribution < -0.4 is 10.5 Å². The number of alkyl halides is 2. The van der Waals surface area contributed by atoms with Crippen LogP contribution in [-0.4, -0.2) is 18.2 Å². The molecule has 1 unspecified atom stereocenters.